The molecule has 36 heavy (non-hydrogen) atoms. The molecule has 7 heteroatoms. The zero-order chi connectivity index (χ0) is 24.3. The van der Waals surface area contributed by atoms with Crippen molar-refractivity contribution in [1.29, 1.82) is 0 Å². The fourth-order valence-corrected chi connectivity index (χ4v) is 6.23. The third kappa shape index (κ3) is 5.14. The molecule has 0 saturated carbocycles. The molecule has 0 spiro atoms. The van der Waals surface area contributed by atoms with Crippen LogP contribution in [0.1, 0.15) is 61.4 Å². The average Bonchev–Trinajstić information content (AvgIpc) is 3.67. The summed E-state index contributed by atoms with van der Waals surface area (Å²) in [6, 6.07) is 11.1. The minimum Gasteiger partial charge on any atom is -0.379 e. The molecular weight excluding hydrogens is 453 g/mol. The van der Waals surface area contributed by atoms with Crippen molar-refractivity contribution in [1.82, 2.24) is 19.7 Å². The Morgan fingerprint density at radius 3 is 3.06 bits per heavy atom. The van der Waals surface area contributed by atoms with Gasteiger partial charge in [-0.2, -0.15) is 5.10 Å². The standard InChI is InChI=1S/C29H38FN5O/c30-27(9-2-1-8-25-11-10-21-7-4-14-31-29(21)33-25)23-12-15-34(18-23)19-24-6-3-5-22-17-32-35(28(22)24)26-13-16-36-20-26/h3,5-6,10-11,17,23,26-27H,1-2,4,7-9,12-16,18-20H2,(H,31,33)/t23-,26+,27+/m1/s1. The summed E-state index contributed by atoms with van der Waals surface area (Å²) in [5, 5.41) is 9.28. The van der Waals surface area contributed by atoms with Gasteiger partial charge in [-0.3, -0.25) is 9.58 Å². The van der Waals surface area contributed by atoms with Crippen LogP contribution in [-0.2, 0) is 24.1 Å². The molecule has 3 aliphatic rings. The molecule has 0 aliphatic carbocycles. The lowest BCUT2D eigenvalue weighted by Gasteiger charge is -2.20. The van der Waals surface area contributed by atoms with Crippen molar-refractivity contribution in [2.45, 2.75) is 70.1 Å². The van der Waals surface area contributed by atoms with Gasteiger partial charge in [0.05, 0.1) is 24.4 Å². The van der Waals surface area contributed by atoms with Gasteiger partial charge in [0, 0.05) is 43.2 Å². The number of ether oxygens (including phenoxy) is 1. The maximum Gasteiger partial charge on any atom is 0.129 e. The minimum atomic E-state index is -0.717. The number of pyridine rings is 1. The van der Waals surface area contributed by atoms with Crippen molar-refractivity contribution < 1.29 is 9.13 Å². The second kappa shape index (κ2) is 10.9. The van der Waals surface area contributed by atoms with Crippen LogP contribution in [0.2, 0.25) is 0 Å². The molecule has 3 aromatic rings. The summed E-state index contributed by atoms with van der Waals surface area (Å²) in [5.74, 6) is 1.20. The van der Waals surface area contributed by atoms with Crippen LogP contribution in [0.5, 0.6) is 0 Å². The van der Waals surface area contributed by atoms with E-state index in [1.807, 2.05) is 6.20 Å². The maximum absolute atomic E-state index is 15.2. The zero-order valence-corrected chi connectivity index (χ0v) is 21.2. The zero-order valence-electron chi connectivity index (χ0n) is 21.2. The highest BCUT2D eigenvalue weighted by atomic mass is 19.1. The molecule has 3 atom stereocenters. The molecule has 6 nitrogen and oxygen atoms in total. The Labute approximate surface area is 213 Å². The van der Waals surface area contributed by atoms with E-state index in [0.29, 0.717) is 12.5 Å². The first-order valence-electron chi connectivity index (χ1n) is 13.9. The number of para-hydroxylation sites is 1. The Hall–Kier alpha value is -2.51. The molecule has 0 unspecified atom stereocenters. The number of unbranched alkanes of at least 4 members (excludes halogenated alkanes) is 1. The van der Waals surface area contributed by atoms with Crippen LogP contribution in [0.3, 0.4) is 0 Å². The van der Waals surface area contributed by atoms with Crippen molar-refractivity contribution >= 4 is 16.7 Å². The summed E-state index contributed by atoms with van der Waals surface area (Å²) in [7, 11) is 0. The topological polar surface area (TPSA) is 55.2 Å². The third-order valence-electron chi connectivity index (χ3n) is 8.28. The van der Waals surface area contributed by atoms with Gasteiger partial charge in [-0.15, -0.1) is 0 Å². The number of alkyl halides is 1. The van der Waals surface area contributed by atoms with Crippen LogP contribution in [0.4, 0.5) is 10.2 Å². The van der Waals surface area contributed by atoms with E-state index in [1.165, 1.54) is 28.5 Å². The quantitative estimate of drug-likeness (QED) is 0.411. The highest BCUT2D eigenvalue weighted by Crippen LogP contribution is 2.30. The number of nitrogens with one attached hydrogen (secondary N) is 1. The fourth-order valence-electron chi connectivity index (χ4n) is 6.23. The monoisotopic (exact) mass is 491 g/mol. The van der Waals surface area contributed by atoms with E-state index >= 15 is 4.39 Å². The fraction of sp³-hybridized carbons (Fsp3) is 0.586. The molecule has 0 bridgehead atoms. The lowest BCUT2D eigenvalue weighted by Crippen LogP contribution is -2.24. The molecule has 1 aromatic carbocycles. The molecule has 0 amide bonds. The summed E-state index contributed by atoms with van der Waals surface area (Å²) in [6.45, 7) is 5.22. The normalized spacial score (nSPS) is 23.1. The summed E-state index contributed by atoms with van der Waals surface area (Å²) < 4.78 is 22.9. The van der Waals surface area contributed by atoms with Gasteiger partial charge in [0.2, 0.25) is 0 Å². The predicted octanol–water partition coefficient (Wildman–Crippen LogP) is 5.32. The lowest BCUT2D eigenvalue weighted by atomic mass is 9.97. The smallest absolute Gasteiger partial charge is 0.129 e. The maximum atomic E-state index is 15.2. The van der Waals surface area contributed by atoms with Crippen LogP contribution < -0.4 is 5.32 Å². The van der Waals surface area contributed by atoms with E-state index in [9.17, 15) is 0 Å². The van der Waals surface area contributed by atoms with Gasteiger partial charge in [-0.1, -0.05) is 30.7 Å². The van der Waals surface area contributed by atoms with Gasteiger partial charge < -0.3 is 10.1 Å². The number of fused-ring (bicyclic) bond motifs is 2. The first-order valence-corrected chi connectivity index (χ1v) is 13.9. The summed E-state index contributed by atoms with van der Waals surface area (Å²) >= 11 is 0. The average molecular weight is 492 g/mol. The van der Waals surface area contributed by atoms with Gasteiger partial charge >= 0.3 is 0 Å². The van der Waals surface area contributed by atoms with Crippen LogP contribution in [0.25, 0.3) is 10.9 Å². The molecule has 1 N–H and O–H groups in total. The molecule has 3 aliphatic heterocycles. The van der Waals surface area contributed by atoms with Crippen molar-refractivity contribution in [3.63, 3.8) is 0 Å². The number of anilines is 1. The van der Waals surface area contributed by atoms with E-state index < -0.39 is 6.17 Å². The number of nitrogens with zero attached hydrogens (tertiary/aromatic N) is 4. The van der Waals surface area contributed by atoms with E-state index in [2.05, 4.69) is 45.2 Å². The van der Waals surface area contributed by atoms with Crippen molar-refractivity contribution in [2.24, 2.45) is 5.92 Å². The van der Waals surface area contributed by atoms with Crippen LogP contribution in [0.15, 0.2) is 36.5 Å². The van der Waals surface area contributed by atoms with E-state index in [1.54, 1.807) is 0 Å². The number of likely N-dealkylation sites (tertiary alicyclic amines) is 1. The summed E-state index contributed by atoms with van der Waals surface area (Å²) in [5.41, 5.74) is 4.97. The molecule has 2 aromatic heterocycles. The van der Waals surface area contributed by atoms with Gasteiger partial charge in [0.1, 0.15) is 12.0 Å². The number of rotatable bonds is 9. The molecule has 2 saturated heterocycles. The predicted molar refractivity (Wildman–Crippen MR) is 141 cm³/mol. The van der Waals surface area contributed by atoms with Gasteiger partial charge in [-0.25, -0.2) is 9.37 Å². The Balaban J connectivity index is 0.995. The number of aryl methyl sites for hydroxylation is 2. The molecular formula is C29H38FN5O. The van der Waals surface area contributed by atoms with Crippen LogP contribution in [-0.4, -0.2) is 58.7 Å². The largest absolute Gasteiger partial charge is 0.379 e. The first-order chi connectivity index (χ1) is 17.7. The van der Waals surface area contributed by atoms with Crippen molar-refractivity contribution in [3.8, 4) is 0 Å². The van der Waals surface area contributed by atoms with Gasteiger partial charge in [-0.05, 0) is 68.7 Å². The Morgan fingerprint density at radius 2 is 2.14 bits per heavy atom. The number of benzene rings is 1. The van der Waals surface area contributed by atoms with Crippen LogP contribution >= 0.6 is 0 Å². The van der Waals surface area contributed by atoms with E-state index in [4.69, 9.17) is 14.8 Å². The number of hydrogen-bond acceptors (Lipinski definition) is 5. The summed E-state index contributed by atoms with van der Waals surface area (Å²) in [6.07, 6.45) is 9.03. The van der Waals surface area contributed by atoms with Gasteiger partial charge in [0.25, 0.3) is 0 Å². The van der Waals surface area contributed by atoms with E-state index in [-0.39, 0.29) is 5.92 Å². The van der Waals surface area contributed by atoms with E-state index in [0.717, 1.165) is 89.4 Å². The molecule has 192 valence electrons. The summed E-state index contributed by atoms with van der Waals surface area (Å²) in [4.78, 5) is 7.21. The number of halogens is 1. The second-order valence-electron chi connectivity index (χ2n) is 10.8. The molecule has 2 fully saturated rings. The third-order valence-corrected chi connectivity index (χ3v) is 8.28. The first kappa shape index (κ1) is 23.9. The van der Waals surface area contributed by atoms with Crippen molar-refractivity contribution in [2.75, 3.05) is 38.2 Å². The number of aromatic nitrogens is 3. The Morgan fingerprint density at radius 1 is 1.17 bits per heavy atom. The Kier molecular flexibility index (Phi) is 7.19. The highest BCUT2D eigenvalue weighted by Gasteiger charge is 2.30. The highest BCUT2D eigenvalue weighted by molar-refractivity contribution is 5.82. The minimum absolute atomic E-state index is 0.142. The molecule has 6 rings (SSSR count). The Bertz CT molecular complexity index is 1170. The van der Waals surface area contributed by atoms with Crippen molar-refractivity contribution in [3.05, 3.63) is 53.3 Å². The molecule has 5 heterocycles. The molecule has 0 radical (unpaired) electrons. The number of hydrogen-bond donors (Lipinski definition) is 1. The SMILES string of the molecule is F[C@@H](CCCCc1ccc2c(n1)NCCC2)[C@@H]1CCN(Cc2cccc3cnn([C@H]4CCOC4)c23)C1. The van der Waals surface area contributed by atoms with Gasteiger partial charge in [0.15, 0.2) is 0 Å². The second-order valence-corrected chi connectivity index (χ2v) is 10.8. The van der Waals surface area contributed by atoms with Crippen LogP contribution in [0, 0.1) is 5.92 Å². The lowest BCUT2D eigenvalue weighted by molar-refractivity contribution is 0.185.